The zero-order valence-corrected chi connectivity index (χ0v) is 16.3. The highest BCUT2D eigenvalue weighted by molar-refractivity contribution is 6.30. The van der Waals surface area contributed by atoms with Crippen molar-refractivity contribution in [2.45, 2.75) is 13.0 Å². The second-order valence-corrected chi connectivity index (χ2v) is 7.49. The number of aromatic nitrogens is 2. The third-order valence-electron chi connectivity index (χ3n) is 5.25. The van der Waals surface area contributed by atoms with Gasteiger partial charge in [-0.1, -0.05) is 16.8 Å². The number of hydrogen-bond acceptors (Lipinski definition) is 3. The standard InChI is InChI=1S/C23H18ClN3O2/c24-18-7-3-16(4-8-18)22-20-11-14-27(15-21(20)25-29-22)23(28)17-5-9-19(10-6-17)26-12-1-2-13-26/h1-10,12-13H,11,14-15H2. The molecule has 0 saturated heterocycles. The minimum atomic E-state index is 0.00532. The SMILES string of the molecule is O=C(c1ccc(-n2cccc2)cc1)N1CCc2c(noc2-c2ccc(Cl)cc2)C1. The molecule has 144 valence electrons. The predicted octanol–water partition coefficient (Wildman–Crippen LogP) is 4.98. The van der Waals surface area contributed by atoms with Crippen LogP contribution in [0.5, 0.6) is 0 Å². The first-order chi connectivity index (χ1) is 14.2. The van der Waals surface area contributed by atoms with Crippen LogP contribution in [0.2, 0.25) is 5.02 Å². The van der Waals surface area contributed by atoms with Gasteiger partial charge in [0.2, 0.25) is 0 Å². The minimum Gasteiger partial charge on any atom is -0.356 e. The minimum absolute atomic E-state index is 0.00532. The third-order valence-corrected chi connectivity index (χ3v) is 5.50. The summed E-state index contributed by atoms with van der Waals surface area (Å²) in [6, 6.07) is 19.1. The van der Waals surface area contributed by atoms with E-state index in [2.05, 4.69) is 5.16 Å². The maximum atomic E-state index is 13.0. The Hall–Kier alpha value is -3.31. The summed E-state index contributed by atoms with van der Waals surface area (Å²) in [4.78, 5) is 14.8. The molecule has 0 saturated carbocycles. The van der Waals surface area contributed by atoms with Crippen molar-refractivity contribution in [3.63, 3.8) is 0 Å². The van der Waals surface area contributed by atoms with Crippen molar-refractivity contribution in [2.24, 2.45) is 0 Å². The van der Waals surface area contributed by atoms with Crippen LogP contribution < -0.4 is 0 Å². The lowest BCUT2D eigenvalue weighted by Crippen LogP contribution is -2.35. The highest BCUT2D eigenvalue weighted by Gasteiger charge is 2.27. The first-order valence-corrected chi connectivity index (χ1v) is 9.83. The van der Waals surface area contributed by atoms with Crippen molar-refractivity contribution in [1.29, 1.82) is 0 Å². The van der Waals surface area contributed by atoms with E-state index in [1.54, 1.807) is 0 Å². The summed E-state index contributed by atoms with van der Waals surface area (Å²) < 4.78 is 7.61. The average molecular weight is 404 g/mol. The molecule has 29 heavy (non-hydrogen) atoms. The summed E-state index contributed by atoms with van der Waals surface area (Å²) in [5, 5.41) is 4.91. The lowest BCUT2D eigenvalue weighted by Gasteiger charge is -2.26. The van der Waals surface area contributed by atoms with Crippen LogP contribution in [0.15, 0.2) is 77.6 Å². The summed E-state index contributed by atoms with van der Waals surface area (Å²) in [6.45, 7) is 1.08. The number of carbonyl (C=O) groups is 1. The van der Waals surface area contributed by atoms with E-state index in [1.807, 2.05) is 82.5 Å². The summed E-state index contributed by atoms with van der Waals surface area (Å²) in [6.07, 6.45) is 4.67. The molecule has 5 nitrogen and oxygen atoms in total. The maximum absolute atomic E-state index is 13.0. The molecule has 3 heterocycles. The molecule has 2 aromatic carbocycles. The molecule has 0 N–H and O–H groups in total. The van der Waals surface area contributed by atoms with Gasteiger partial charge in [0.15, 0.2) is 5.76 Å². The highest BCUT2D eigenvalue weighted by Crippen LogP contribution is 2.31. The van der Waals surface area contributed by atoms with Gasteiger partial charge in [-0.2, -0.15) is 0 Å². The van der Waals surface area contributed by atoms with Gasteiger partial charge in [0, 0.05) is 46.3 Å². The monoisotopic (exact) mass is 403 g/mol. The largest absolute Gasteiger partial charge is 0.356 e. The molecule has 5 rings (SSSR count). The van der Waals surface area contributed by atoms with Crippen LogP contribution in [0.4, 0.5) is 0 Å². The van der Waals surface area contributed by atoms with Gasteiger partial charge in [-0.15, -0.1) is 0 Å². The van der Waals surface area contributed by atoms with Crippen molar-refractivity contribution < 1.29 is 9.32 Å². The Labute approximate surface area is 173 Å². The normalized spacial score (nSPS) is 13.3. The Kier molecular flexibility index (Phi) is 4.45. The Balaban J connectivity index is 1.34. The number of halogens is 1. The van der Waals surface area contributed by atoms with E-state index in [9.17, 15) is 4.79 Å². The van der Waals surface area contributed by atoms with Gasteiger partial charge in [0.1, 0.15) is 5.69 Å². The first-order valence-electron chi connectivity index (χ1n) is 9.45. The van der Waals surface area contributed by atoms with Crippen molar-refractivity contribution in [1.82, 2.24) is 14.6 Å². The molecule has 0 radical (unpaired) electrons. The molecule has 6 heteroatoms. The second-order valence-electron chi connectivity index (χ2n) is 7.06. The van der Waals surface area contributed by atoms with E-state index in [-0.39, 0.29) is 5.91 Å². The van der Waals surface area contributed by atoms with E-state index < -0.39 is 0 Å². The van der Waals surface area contributed by atoms with Crippen LogP contribution in [0.25, 0.3) is 17.0 Å². The molecule has 4 aromatic rings. The van der Waals surface area contributed by atoms with Gasteiger partial charge in [0.05, 0.1) is 6.54 Å². The molecule has 0 spiro atoms. The number of nitrogens with zero attached hydrogens (tertiary/aromatic N) is 3. The molecule has 0 fully saturated rings. The van der Waals surface area contributed by atoms with Crippen LogP contribution in [0, 0.1) is 0 Å². The number of benzene rings is 2. The van der Waals surface area contributed by atoms with Crippen LogP contribution >= 0.6 is 11.6 Å². The summed E-state index contributed by atoms with van der Waals surface area (Å²) in [5.74, 6) is 0.769. The fourth-order valence-corrected chi connectivity index (χ4v) is 3.82. The van der Waals surface area contributed by atoms with E-state index in [0.717, 1.165) is 28.3 Å². The smallest absolute Gasteiger partial charge is 0.254 e. The molecule has 2 aromatic heterocycles. The fraction of sp³-hybridized carbons (Fsp3) is 0.130. The maximum Gasteiger partial charge on any atom is 0.254 e. The Bertz CT molecular complexity index is 1150. The van der Waals surface area contributed by atoms with Gasteiger partial charge in [-0.05, 0) is 67.1 Å². The Morgan fingerprint density at radius 2 is 1.72 bits per heavy atom. The van der Waals surface area contributed by atoms with Crippen LogP contribution in [-0.2, 0) is 13.0 Å². The lowest BCUT2D eigenvalue weighted by atomic mass is 10.00. The number of carbonyl (C=O) groups excluding carboxylic acids is 1. The van der Waals surface area contributed by atoms with Gasteiger partial charge in [0.25, 0.3) is 5.91 Å². The molecule has 0 unspecified atom stereocenters. The number of hydrogen-bond donors (Lipinski definition) is 0. The molecule has 0 bridgehead atoms. The zero-order valence-electron chi connectivity index (χ0n) is 15.6. The van der Waals surface area contributed by atoms with E-state index >= 15 is 0 Å². The number of fused-ring (bicyclic) bond motifs is 1. The topological polar surface area (TPSA) is 51.3 Å². The molecule has 0 atom stereocenters. The van der Waals surface area contributed by atoms with Crippen molar-refractivity contribution >= 4 is 17.5 Å². The van der Waals surface area contributed by atoms with Crippen LogP contribution in [-0.4, -0.2) is 27.1 Å². The molecular formula is C23H18ClN3O2. The molecular weight excluding hydrogens is 386 g/mol. The molecule has 0 aliphatic carbocycles. The van der Waals surface area contributed by atoms with Gasteiger partial charge in [-0.25, -0.2) is 0 Å². The Morgan fingerprint density at radius 1 is 1.00 bits per heavy atom. The van der Waals surface area contributed by atoms with Crippen LogP contribution in [0.1, 0.15) is 21.6 Å². The second kappa shape index (κ2) is 7.26. The van der Waals surface area contributed by atoms with E-state index in [0.29, 0.717) is 30.1 Å². The van der Waals surface area contributed by atoms with Crippen molar-refractivity contribution in [2.75, 3.05) is 6.54 Å². The summed E-state index contributed by atoms with van der Waals surface area (Å²) >= 11 is 5.98. The predicted molar refractivity (Wildman–Crippen MR) is 111 cm³/mol. The summed E-state index contributed by atoms with van der Waals surface area (Å²) in [7, 11) is 0. The highest BCUT2D eigenvalue weighted by atomic mass is 35.5. The fourth-order valence-electron chi connectivity index (χ4n) is 3.70. The first kappa shape index (κ1) is 17.8. The summed E-state index contributed by atoms with van der Waals surface area (Å²) in [5.41, 5.74) is 4.53. The van der Waals surface area contributed by atoms with Crippen molar-refractivity contribution in [3.05, 3.63) is 94.9 Å². The van der Waals surface area contributed by atoms with E-state index in [4.69, 9.17) is 16.1 Å². The van der Waals surface area contributed by atoms with Gasteiger partial charge in [-0.3, -0.25) is 4.79 Å². The van der Waals surface area contributed by atoms with Crippen LogP contribution in [0.3, 0.4) is 0 Å². The van der Waals surface area contributed by atoms with Gasteiger partial charge >= 0.3 is 0 Å². The number of rotatable bonds is 3. The molecule has 1 aliphatic rings. The van der Waals surface area contributed by atoms with Gasteiger partial charge < -0.3 is 14.0 Å². The average Bonchev–Trinajstić information content (AvgIpc) is 3.44. The zero-order chi connectivity index (χ0) is 19.8. The molecule has 1 amide bonds. The lowest BCUT2D eigenvalue weighted by molar-refractivity contribution is 0.0731. The quantitative estimate of drug-likeness (QED) is 0.484. The molecule has 1 aliphatic heterocycles. The third kappa shape index (κ3) is 3.34. The van der Waals surface area contributed by atoms with E-state index in [1.165, 1.54) is 0 Å². The Morgan fingerprint density at radius 3 is 2.45 bits per heavy atom. The number of amides is 1. The van der Waals surface area contributed by atoms with Crippen molar-refractivity contribution in [3.8, 4) is 17.0 Å².